The largest absolute Gasteiger partial charge is 0.368 e. The normalized spacial score (nSPS) is 16.8. The van der Waals surface area contributed by atoms with Crippen molar-refractivity contribution < 1.29 is 25.0 Å². The van der Waals surface area contributed by atoms with Gasteiger partial charge < -0.3 is 19.2 Å². The molecule has 3 heterocycles. The van der Waals surface area contributed by atoms with Gasteiger partial charge >= 0.3 is 0 Å². The predicted octanol–water partition coefficient (Wildman–Crippen LogP) is 4.21. The van der Waals surface area contributed by atoms with Gasteiger partial charge in [-0.2, -0.15) is 0 Å². The van der Waals surface area contributed by atoms with Gasteiger partial charge in [-0.25, -0.2) is 17.5 Å². The lowest BCUT2D eigenvalue weighted by molar-refractivity contribution is -0.132. The molecule has 5 rings (SSSR count). The van der Waals surface area contributed by atoms with Gasteiger partial charge in [-0.15, -0.1) is 0 Å². The third-order valence-corrected chi connectivity index (χ3v) is 8.86. The third kappa shape index (κ3) is 5.07. The van der Waals surface area contributed by atoms with E-state index in [-0.39, 0.29) is 31.4 Å². The lowest BCUT2D eigenvalue weighted by Crippen LogP contribution is -2.55. The van der Waals surface area contributed by atoms with Gasteiger partial charge in [0.15, 0.2) is 0 Å². The van der Waals surface area contributed by atoms with E-state index in [4.69, 9.17) is 4.52 Å². The van der Waals surface area contributed by atoms with Crippen LogP contribution in [0.1, 0.15) is 33.0 Å². The lowest BCUT2D eigenvalue weighted by Gasteiger charge is -2.41. The van der Waals surface area contributed by atoms with Crippen LogP contribution in [0.3, 0.4) is 0 Å². The summed E-state index contributed by atoms with van der Waals surface area (Å²) in [5, 5.41) is 3.79. The number of carbonyl (C=O) groups excluding carboxylic acids is 1. The fraction of sp³-hybridized carbons (Fsp3) is 0.407. The summed E-state index contributed by atoms with van der Waals surface area (Å²) in [5.41, 5.74) is 4.05. The highest BCUT2D eigenvalue weighted by Crippen LogP contribution is 2.30. The van der Waals surface area contributed by atoms with E-state index in [9.17, 15) is 17.6 Å². The Balaban J connectivity index is 0.00000220. The zero-order valence-electron chi connectivity index (χ0n) is 21.8. The van der Waals surface area contributed by atoms with Gasteiger partial charge in [0, 0.05) is 52.5 Å². The number of nitrogens with one attached hydrogen (secondary N) is 1. The number of fused-ring (bicyclic) bond motifs is 1. The molecule has 1 saturated heterocycles. The maximum absolute atomic E-state index is 13.7. The van der Waals surface area contributed by atoms with Crippen LogP contribution < -0.4 is 14.5 Å². The molecule has 2 aliphatic rings. The number of benzene rings is 2. The molecule has 11 heteroatoms. The molecular weight excluding hydrogens is 509 g/mol. The van der Waals surface area contributed by atoms with Crippen molar-refractivity contribution in [2.24, 2.45) is 0 Å². The van der Waals surface area contributed by atoms with Crippen LogP contribution in [0.5, 0.6) is 0 Å². The summed E-state index contributed by atoms with van der Waals surface area (Å²) in [6.07, 6.45) is 1.71. The molecule has 3 aromatic rings. The molecule has 9 nitrogen and oxygen atoms in total. The second kappa shape index (κ2) is 10.3. The number of aryl methyl sites for hydroxylation is 2. The monoisotopic (exact) mass is 545 g/mol. The van der Waals surface area contributed by atoms with E-state index in [1.54, 1.807) is 50.2 Å². The molecule has 2 aromatic carbocycles. The zero-order valence-corrected chi connectivity index (χ0v) is 22.6. The van der Waals surface area contributed by atoms with Crippen LogP contribution in [0, 0.1) is 19.7 Å². The molecule has 0 aliphatic carbocycles. The van der Waals surface area contributed by atoms with Crippen molar-refractivity contribution in [2.75, 3.05) is 47.2 Å². The molecule has 206 valence electrons. The SMILES string of the molecule is Cc1noc(NS(=O)(=O)c2ccc(N3CCN(C(=O)[C@@H](C)N4CCCc5cc(F)ccc54)CC3)cc2)c1C.[HH].[HH]. The fourth-order valence-corrected chi connectivity index (χ4v) is 6.15. The second-order valence-corrected chi connectivity index (χ2v) is 11.6. The number of aromatic nitrogens is 1. The minimum Gasteiger partial charge on any atom is -0.368 e. The molecule has 0 unspecified atom stereocenters. The maximum Gasteiger partial charge on any atom is 0.264 e. The Morgan fingerprint density at radius 1 is 1.08 bits per heavy atom. The number of rotatable bonds is 6. The van der Waals surface area contributed by atoms with Crippen LogP contribution in [-0.4, -0.2) is 63.1 Å². The summed E-state index contributed by atoms with van der Waals surface area (Å²) in [4.78, 5) is 19.6. The average Bonchev–Trinajstić information content (AvgIpc) is 3.23. The minimum absolute atomic E-state index is 0. The Bertz CT molecular complexity index is 1440. The first-order chi connectivity index (χ1) is 18.1. The van der Waals surface area contributed by atoms with Crippen molar-refractivity contribution in [1.82, 2.24) is 10.1 Å². The Kier molecular flexibility index (Phi) is 7.04. The van der Waals surface area contributed by atoms with Crippen LogP contribution in [0.25, 0.3) is 0 Å². The van der Waals surface area contributed by atoms with Crippen LogP contribution >= 0.6 is 0 Å². The number of nitrogens with zero attached hydrogens (tertiary/aromatic N) is 4. The summed E-state index contributed by atoms with van der Waals surface area (Å²) in [6.45, 7) is 8.59. The van der Waals surface area contributed by atoms with Crippen molar-refractivity contribution in [2.45, 2.75) is 44.6 Å². The number of amides is 1. The molecule has 0 bridgehead atoms. The number of halogens is 1. The molecule has 1 atom stereocenters. The highest BCUT2D eigenvalue weighted by atomic mass is 32.2. The Morgan fingerprint density at radius 2 is 1.79 bits per heavy atom. The Hall–Kier alpha value is -3.60. The van der Waals surface area contributed by atoms with Crippen LogP contribution in [0.2, 0.25) is 0 Å². The molecule has 1 aromatic heterocycles. The number of hydrogen-bond donors (Lipinski definition) is 1. The quantitative estimate of drug-likeness (QED) is 0.495. The third-order valence-electron chi connectivity index (χ3n) is 7.51. The highest BCUT2D eigenvalue weighted by molar-refractivity contribution is 7.92. The van der Waals surface area contributed by atoms with Gasteiger partial charge in [-0.3, -0.25) is 4.79 Å². The summed E-state index contributed by atoms with van der Waals surface area (Å²) in [7, 11) is -3.81. The number of carbonyl (C=O) groups is 1. The summed E-state index contributed by atoms with van der Waals surface area (Å²) < 4.78 is 46.8. The van der Waals surface area contributed by atoms with Crippen LogP contribution in [-0.2, 0) is 21.2 Å². The molecule has 1 N–H and O–H groups in total. The molecular formula is C27H36FN5O4S. The van der Waals surface area contributed by atoms with Crippen molar-refractivity contribution in [3.63, 3.8) is 0 Å². The average molecular weight is 546 g/mol. The second-order valence-electron chi connectivity index (χ2n) is 9.88. The van der Waals surface area contributed by atoms with E-state index in [0.717, 1.165) is 36.3 Å². The zero-order chi connectivity index (χ0) is 27.0. The molecule has 0 saturated carbocycles. The van der Waals surface area contributed by atoms with E-state index >= 15 is 0 Å². The summed E-state index contributed by atoms with van der Waals surface area (Å²) in [5.74, 6) is -0.0725. The summed E-state index contributed by atoms with van der Waals surface area (Å²) >= 11 is 0. The van der Waals surface area contributed by atoms with Crippen LogP contribution in [0.15, 0.2) is 51.9 Å². The van der Waals surface area contributed by atoms with E-state index in [1.807, 2.05) is 11.8 Å². The van der Waals surface area contributed by atoms with Gasteiger partial charge in [-0.05, 0) is 81.6 Å². The first-order valence-electron chi connectivity index (χ1n) is 12.8. The molecule has 38 heavy (non-hydrogen) atoms. The smallest absolute Gasteiger partial charge is 0.264 e. The number of hydrogen-bond acceptors (Lipinski definition) is 7. The van der Waals surface area contributed by atoms with Crippen molar-refractivity contribution in [1.29, 1.82) is 0 Å². The fourth-order valence-electron chi connectivity index (χ4n) is 5.11. The predicted molar refractivity (Wildman–Crippen MR) is 148 cm³/mol. The van der Waals surface area contributed by atoms with Crippen LogP contribution in [0.4, 0.5) is 21.6 Å². The number of sulfonamides is 1. The van der Waals surface area contributed by atoms with E-state index < -0.39 is 10.0 Å². The van der Waals surface area contributed by atoms with Crippen molar-refractivity contribution in [3.05, 3.63) is 65.1 Å². The minimum atomic E-state index is -3.81. The molecule has 1 amide bonds. The van der Waals surface area contributed by atoms with Crippen molar-refractivity contribution >= 4 is 33.2 Å². The van der Waals surface area contributed by atoms with E-state index in [0.29, 0.717) is 37.4 Å². The standard InChI is InChI=1S/C27H32FN5O4S.2H2/c1-18-19(2)29-37-26(18)30-38(35,36)24-9-7-23(8-10-24)31-13-15-32(16-14-31)27(34)20(3)33-12-4-5-21-17-22(28)6-11-25(21)33;;/h6-11,17,20,30H,4-5,12-16H2,1-3H3;2*1H/t20-;;/m1../s1. The summed E-state index contributed by atoms with van der Waals surface area (Å²) in [6, 6.07) is 11.1. The first kappa shape index (κ1) is 26.0. The van der Waals surface area contributed by atoms with Gasteiger partial charge in [0.1, 0.15) is 11.9 Å². The number of anilines is 3. The first-order valence-corrected chi connectivity index (χ1v) is 14.3. The van der Waals surface area contributed by atoms with Gasteiger partial charge in [-0.1, -0.05) is 5.16 Å². The Labute approximate surface area is 225 Å². The topological polar surface area (TPSA) is 99.0 Å². The highest BCUT2D eigenvalue weighted by Gasteiger charge is 2.31. The molecule has 1 fully saturated rings. The van der Waals surface area contributed by atoms with Gasteiger partial charge in [0.25, 0.3) is 10.0 Å². The number of piperazine rings is 1. The maximum atomic E-state index is 13.7. The van der Waals surface area contributed by atoms with Gasteiger partial charge in [0.05, 0.1) is 10.6 Å². The molecule has 2 aliphatic heterocycles. The van der Waals surface area contributed by atoms with Gasteiger partial charge in [0.2, 0.25) is 11.8 Å². The van der Waals surface area contributed by atoms with E-state index in [1.165, 1.54) is 6.07 Å². The van der Waals surface area contributed by atoms with Crippen molar-refractivity contribution in [3.8, 4) is 0 Å². The van der Waals surface area contributed by atoms with E-state index in [2.05, 4.69) is 19.7 Å². The lowest BCUT2D eigenvalue weighted by atomic mass is 9.99. The Morgan fingerprint density at radius 3 is 2.45 bits per heavy atom. The molecule has 0 spiro atoms. The molecule has 0 radical (unpaired) electrons.